The van der Waals surface area contributed by atoms with Crippen molar-refractivity contribution in [3.63, 3.8) is 0 Å². The highest BCUT2D eigenvalue weighted by molar-refractivity contribution is 6.31. The van der Waals surface area contributed by atoms with E-state index in [0.717, 1.165) is 19.2 Å². The lowest BCUT2D eigenvalue weighted by molar-refractivity contribution is -0.136. The number of rotatable bonds is 6. The van der Waals surface area contributed by atoms with Gasteiger partial charge in [0.2, 0.25) is 5.91 Å². The molecule has 3 rings (SSSR count). The average Bonchev–Trinajstić information content (AvgIpc) is 2.98. The fourth-order valence-corrected chi connectivity index (χ4v) is 4.00. The predicted molar refractivity (Wildman–Crippen MR) is 126 cm³/mol. The Hall–Kier alpha value is -2.52. The summed E-state index contributed by atoms with van der Waals surface area (Å²) < 4.78 is 42.9. The topological polar surface area (TPSA) is 53.4 Å². The van der Waals surface area contributed by atoms with Gasteiger partial charge in [0.15, 0.2) is 0 Å². The molecular formula is C23H29ClF3N5O. The van der Waals surface area contributed by atoms with Crippen LogP contribution in [0.1, 0.15) is 30.7 Å². The average molecular weight is 484 g/mol. The molecule has 2 heterocycles. The number of anilines is 2. The molecule has 0 atom stereocenters. The molecule has 0 spiro atoms. The maximum Gasteiger partial charge on any atom is 0.418 e. The summed E-state index contributed by atoms with van der Waals surface area (Å²) in [5.74, 6) is -0.351. The van der Waals surface area contributed by atoms with Crippen LogP contribution in [0.3, 0.4) is 0 Å². The van der Waals surface area contributed by atoms with Gasteiger partial charge in [-0.05, 0) is 44.2 Å². The van der Waals surface area contributed by atoms with E-state index in [-0.39, 0.29) is 5.69 Å². The summed E-state index contributed by atoms with van der Waals surface area (Å²) in [5, 5.41) is 7.11. The minimum atomic E-state index is -4.60. The molecule has 0 aliphatic carbocycles. The van der Waals surface area contributed by atoms with Crippen LogP contribution in [0.4, 0.5) is 24.5 Å². The molecule has 33 heavy (non-hydrogen) atoms. The van der Waals surface area contributed by atoms with Crippen LogP contribution in [0.2, 0.25) is 5.15 Å². The van der Waals surface area contributed by atoms with E-state index >= 15 is 0 Å². The zero-order valence-electron chi connectivity index (χ0n) is 19.2. The summed E-state index contributed by atoms with van der Waals surface area (Å²) in [7, 11) is 1.98. The standard InChI is InChI=1S/C23H29ClF3N5O/c1-15(2)14-32-22(24)18(16(3)29-32)6-8-21(33)28-20-7-5-17(13-19(20)23(25,26)27)31-11-9-30(4)10-12-31/h5-8,13,15H,9-12,14H2,1-4H3,(H,28,33)/b8-6+. The Labute approximate surface area is 197 Å². The van der Waals surface area contributed by atoms with E-state index < -0.39 is 17.6 Å². The summed E-state index contributed by atoms with van der Waals surface area (Å²) >= 11 is 6.36. The van der Waals surface area contributed by atoms with Gasteiger partial charge in [-0.1, -0.05) is 25.4 Å². The van der Waals surface area contributed by atoms with Crippen molar-refractivity contribution in [3.05, 3.63) is 46.2 Å². The van der Waals surface area contributed by atoms with Crippen LogP contribution in [0, 0.1) is 12.8 Å². The number of nitrogens with one attached hydrogen (secondary N) is 1. The number of likely N-dealkylation sites (N-methyl/N-ethyl adjacent to an activating group) is 1. The van der Waals surface area contributed by atoms with Gasteiger partial charge in [-0.15, -0.1) is 0 Å². The third kappa shape index (κ3) is 6.29. The van der Waals surface area contributed by atoms with Crippen molar-refractivity contribution in [1.82, 2.24) is 14.7 Å². The van der Waals surface area contributed by atoms with Crippen molar-refractivity contribution >= 4 is 35.0 Å². The molecule has 2 aromatic rings. The van der Waals surface area contributed by atoms with E-state index in [9.17, 15) is 18.0 Å². The molecule has 180 valence electrons. The van der Waals surface area contributed by atoms with Gasteiger partial charge in [0.1, 0.15) is 5.15 Å². The number of hydrogen-bond acceptors (Lipinski definition) is 4. The maximum atomic E-state index is 13.7. The van der Waals surface area contributed by atoms with Crippen molar-refractivity contribution in [2.45, 2.75) is 33.5 Å². The van der Waals surface area contributed by atoms with E-state index in [1.54, 1.807) is 17.7 Å². The summed E-state index contributed by atoms with van der Waals surface area (Å²) in [5.41, 5.74) is 0.531. The number of hydrogen-bond donors (Lipinski definition) is 1. The molecule has 1 aromatic heterocycles. The number of benzene rings is 1. The van der Waals surface area contributed by atoms with Gasteiger partial charge in [0.25, 0.3) is 0 Å². The number of carbonyl (C=O) groups excluding carboxylic acids is 1. The van der Waals surface area contributed by atoms with Crippen molar-refractivity contribution in [3.8, 4) is 0 Å². The molecule has 1 aliphatic rings. The van der Waals surface area contributed by atoms with E-state index in [0.29, 0.717) is 47.7 Å². The molecule has 0 radical (unpaired) electrons. The van der Waals surface area contributed by atoms with Crippen molar-refractivity contribution in [1.29, 1.82) is 0 Å². The Morgan fingerprint density at radius 1 is 1.24 bits per heavy atom. The first-order valence-corrected chi connectivity index (χ1v) is 11.2. The molecule has 0 unspecified atom stereocenters. The van der Waals surface area contributed by atoms with Gasteiger partial charge >= 0.3 is 6.18 Å². The number of alkyl halides is 3. The normalized spacial score (nSPS) is 15.6. The minimum Gasteiger partial charge on any atom is -0.369 e. The summed E-state index contributed by atoms with van der Waals surface area (Å²) in [6, 6.07) is 4.01. The summed E-state index contributed by atoms with van der Waals surface area (Å²) in [4.78, 5) is 16.5. The molecule has 6 nitrogen and oxygen atoms in total. The third-order valence-corrected chi connectivity index (χ3v) is 5.88. The molecule has 0 saturated carbocycles. The molecule has 1 aromatic carbocycles. The van der Waals surface area contributed by atoms with Gasteiger partial charge < -0.3 is 15.1 Å². The lowest BCUT2D eigenvalue weighted by Gasteiger charge is -2.34. The van der Waals surface area contributed by atoms with E-state index in [2.05, 4.69) is 15.3 Å². The Morgan fingerprint density at radius 3 is 2.52 bits per heavy atom. The third-order valence-electron chi connectivity index (χ3n) is 5.48. The number of piperazine rings is 1. The Morgan fingerprint density at radius 2 is 1.91 bits per heavy atom. The highest BCUT2D eigenvalue weighted by Gasteiger charge is 2.34. The first kappa shape index (κ1) is 25.1. The molecular weight excluding hydrogens is 455 g/mol. The van der Waals surface area contributed by atoms with E-state index in [1.807, 2.05) is 25.8 Å². The largest absolute Gasteiger partial charge is 0.418 e. The second kappa shape index (κ2) is 10.2. The second-order valence-corrected chi connectivity index (χ2v) is 9.06. The molecule has 1 saturated heterocycles. The molecule has 1 fully saturated rings. The lowest BCUT2D eigenvalue weighted by Crippen LogP contribution is -2.44. The van der Waals surface area contributed by atoms with Crippen LogP contribution >= 0.6 is 11.6 Å². The SMILES string of the molecule is Cc1nn(CC(C)C)c(Cl)c1/C=C/C(=O)Nc1ccc(N2CCN(C)CC2)cc1C(F)(F)F. The van der Waals surface area contributed by atoms with Gasteiger partial charge in [-0.2, -0.15) is 18.3 Å². The Balaban J connectivity index is 1.78. The molecule has 10 heteroatoms. The van der Waals surface area contributed by atoms with E-state index in [4.69, 9.17) is 11.6 Å². The molecule has 1 amide bonds. The van der Waals surface area contributed by atoms with Crippen molar-refractivity contribution in [2.75, 3.05) is 43.4 Å². The number of aromatic nitrogens is 2. The molecule has 1 N–H and O–H groups in total. The monoisotopic (exact) mass is 483 g/mol. The number of halogens is 4. The lowest BCUT2D eigenvalue weighted by atomic mass is 10.1. The van der Waals surface area contributed by atoms with Crippen LogP contribution < -0.4 is 10.2 Å². The fourth-order valence-electron chi connectivity index (χ4n) is 3.69. The van der Waals surface area contributed by atoms with Gasteiger partial charge in [-0.25, -0.2) is 0 Å². The number of aryl methyl sites for hydroxylation is 1. The zero-order chi connectivity index (χ0) is 24.3. The van der Waals surface area contributed by atoms with Gasteiger partial charge in [0.05, 0.1) is 16.9 Å². The molecule has 1 aliphatic heterocycles. The Kier molecular flexibility index (Phi) is 7.74. The summed E-state index contributed by atoms with van der Waals surface area (Å²) in [6.07, 6.45) is -1.96. The van der Waals surface area contributed by atoms with Crippen molar-refractivity contribution < 1.29 is 18.0 Å². The first-order valence-electron chi connectivity index (χ1n) is 10.8. The van der Waals surface area contributed by atoms with Crippen LogP contribution in [-0.4, -0.2) is 53.8 Å². The Bertz CT molecular complexity index is 1020. The second-order valence-electron chi connectivity index (χ2n) is 8.71. The highest BCUT2D eigenvalue weighted by Crippen LogP contribution is 2.37. The van der Waals surface area contributed by atoms with Gasteiger partial charge in [-0.3, -0.25) is 9.48 Å². The van der Waals surface area contributed by atoms with E-state index in [1.165, 1.54) is 18.2 Å². The zero-order valence-corrected chi connectivity index (χ0v) is 20.0. The van der Waals surface area contributed by atoms with Crippen LogP contribution in [-0.2, 0) is 17.5 Å². The predicted octanol–water partition coefficient (Wildman–Crippen LogP) is 4.92. The molecule has 0 bridgehead atoms. The smallest absolute Gasteiger partial charge is 0.369 e. The number of amides is 1. The maximum absolute atomic E-state index is 13.7. The van der Waals surface area contributed by atoms with Crippen LogP contribution in [0.15, 0.2) is 24.3 Å². The van der Waals surface area contributed by atoms with Crippen LogP contribution in [0.5, 0.6) is 0 Å². The van der Waals surface area contributed by atoms with Gasteiger partial charge in [0, 0.05) is 50.1 Å². The highest BCUT2D eigenvalue weighted by atomic mass is 35.5. The number of nitrogens with zero attached hydrogens (tertiary/aromatic N) is 4. The summed E-state index contributed by atoms with van der Waals surface area (Å²) in [6.45, 7) is 9.29. The number of carbonyl (C=O) groups is 1. The van der Waals surface area contributed by atoms with Crippen LogP contribution in [0.25, 0.3) is 6.08 Å². The first-order chi connectivity index (χ1) is 15.5. The van der Waals surface area contributed by atoms with Crippen molar-refractivity contribution in [2.24, 2.45) is 5.92 Å². The fraction of sp³-hybridized carbons (Fsp3) is 0.478. The quantitative estimate of drug-likeness (QED) is 0.592. The minimum absolute atomic E-state index is 0.284.